The van der Waals surface area contributed by atoms with Gasteiger partial charge in [0.1, 0.15) is 13.2 Å². The summed E-state index contributed by atoms with van der Waals surface area (Å²) < 4.78 is 5.66. The molecule has 0 saturated carbocycles. The summed E-state index contributed by atoms with van der Waals surface area (Å²) in [6.45, 7) is -0.339. The van der Waals surface area contributed by atoms with Crippen LogP contribution in [0.2, 0.25) is 15.1 Å². The van der Waals surface area contributed by atoms with E-state index in [4.69, 9.17) is 44.6 Å². The third-order valence-corrected chi connectivity index (χ3v) is 4.07. The molecule has 0 aliphatic heterocycles. The van der Waals surface area contributed by atoms with E-state index in [1.165, 1.54) is 12.1 Å². The van der Waals surface area contributed by atoms with Crippen LogP contribution in [0.1, 0.15) is 15.9 Å². The summed E-state index contributed by atoms with van der Waals surface area (Å²) in [7, 11) is 1.78. The second kappa shape index (κ2) is 8.98. The Morgan fingerprint density at radius 3 is 2.31 bits per heavy atom. The third kappa shape index (κ3) is 5.42. The van der Waals surface area contributed by atoms with Gasteiger partial charge in [0, 0.05) is 23.3 Å². The standard InChI is InChI=1S/C17H15Cl3N2O4/c1-21-12-3-9(2-11(18)6-12)8-26-16-13(19)4-10(5-14(16)20)17(25)22-7-15(23)24/h2-6,21H,7-8H2,1H3,(H,22,25)(H,23,24). The molecule has 0 aromatic heterocycles. The Kier molecular flexibility index (Phi) is 6.97. The SMILES string of the molecule is CNc1cc(Cl)cc(COc2c(Cl)cc(C(=O)NCC(=O)O)cc2Cl)c1. The first kappa shape index (κ1) is 20.2. The minimum Gasteiger partial charge on any atom is -0.486 e. The highest BCUT2D eigenvalue weighted by Crippen LogP contribution is 2.35. The van der Waals surface area contributed by atoms with Crippen molar-refractivity contribution >= 4 is 52.4 Å². The number of carboxylic acids is 1. The molecule has 0 aliphatic rings. The Morgan fingerprint density at radius 2 is 1.73 bits per heavy atom. The smallest absolute Gasteiger partial charge is 0.322 e. The number of halogens is 3. The van der Waals surface area contributed by atoms with Crippen LogP contribution in [0, 0.1) is 0 Å². The van der Waals surface area contributed by atoms with Gasteiger partial charge in [-0.3, -0.25) is 9.59 Å². The van der Waals surface area contributed by atoms with E-state index in [9.17, 15) is 9.59 Å². The quantitative estimate of drug-likeness (QED) is 0.632. The van der Waals surface area contributed by atoms with Gasteiger partial charge in [-0.05, 0) is 35.9 Å². The Balaban J connectivity index is 2.14. The largest absolute Gasteiger partial charge is 0.486 e. The van der Waals surface area contributed by atoms with Gasteiger partial charge in [0.15, 0.2) is 5.75 Å². The van der Waals surface area contributed by atoms with Gasteiger partial charge in [0.25, 0.3) is 5.91 Å². The van der Waals surface area contributed by atoms with E-state index in [1.807, 2.05) is 6.07 Å². The molecule has 2 rings (SSSR count). The van der Waals surface area contributed by atoms with Crippen LogP contribution in [-0.4, -0.2) is 30.6 Å². The van der Waals surface area contributed by atoms with Crippen LogP contribution >= 0.6 is 34.8 Å². The van der Waals surface area contributed by atoms with E-state index in [-0.39, 0.29) is 28.0 Å². The van der Waals surface area contributed by atoms with E-state index >= 15 is 0 Å². The fourth-order valence-corrected chi connectivity index (χ4v) is 2.97. The fraction of sp³-hybridized carbons (Fsp3) is 0.176. The lowest BCUT2D eigenvalue weighted by Gasteiger charge is -2.13. The number of carbonyl (C=O) groups excluding carboxylic acids is 1. The van der Waals surface area contributed by atoms with Gasteiger partial charge in [-0.25, -0.2) is 0 Å². The van der Waals surface area contributed by atoms with Crippen LogP contribution in [-0.2, 0) is 11.4 Å². The summed E-state index contributed by atoms with van der Waals surface area (Å²) in [4.78, 5) is 22.4. The van der Waals surface area contributed by atoms with Crippen molar-refractivity contribution in [2.45, 2.75) is 6.61 Å². The third-order valence-electron chi connectivity index (χ3n) is 3.29. The molecule has 3 N–H and O–H groups in total. The van der Waals surface area contributed by atoms with Crippen molar-refractivity contribution < 1.29 is 19.4 Å². The van der Waals surface area contributed by atoms with Crippen LogP contribution in [0.25, 0.3) is 0 Å². The highest BCUT2D eigenvalue weighted by atomic mass is 35.5. The fourth-order valence-electron chi connectivity index (χ4n) is 2.12. The molecule has 138 valence electrons. The number of aliphatic carboxylic acids is 1. The molecule has 1 amide bonds. The number of hydrogen-bond acceptors (Lipinski definition) is 4. The van der Waals surface area contributed by atoms with Crippen LogP contribution < -0.4 is 15.4 Å². The van der Waals surface area contributed by atoms with E-state index in [0.29, 0.717) is 5.02 Å². The highest BCUT2D eigenvalue weighted by molar-refractivity contribution is 6.37. The van der Waals surface area contributed by atoms with Crippen LogP contribution in [0.15, 0.2) is 30.3 Å². The van der Waals surface area contributed by atoms with E-state index in [1.54, 1.807) is 19.2 Å². The maximum absolute atomic E-state index is 11.9. The van der Waals surface area contributed by atoms with Gasteiger partial charge in [0.05, 0.1) is 10.0 Å². The number of amides is 1. The zero-order valence-electron chi connectivity index (χ0n) is 13.6. The first-order valence-electron chi connectivity index (χ1n) is 7.39. The normalized spacial score (nSPS) is 10.3. The van der Waals surface area contributed by atoms with E-state index in [0.717, 1.165) is 11.3 Å². The molecule has 26 heavy (non-hydrogen) atoms. The highest BCUT2D eigenvalue weighted by Gasteiger charge is 2.15. The van der Waals surface area contributed by atoms with Crippen molar-refractivity contribution in [2.75, 3.05) is 18.9 Å². The molecule has 0 spiro atoms. The first-order valence-corrected chi connectivity index (χ1v) is 8.52. The second-order valence-electron chi connectivity index (χ2n) is 5.23. The zero-order chi connectivity index (χ0) is 19.3. The van der Waals surface area contributed by atoms with Gasteiger partial charge in [-0.1, -0.05) is 34.8 Å². The van der Waals surface area contributed by atoms with Crippen molar-refractivity contribution in [1.29, 1.82) is 0 Å². The predicted octanol–water partition coefficient (Wildman–Crippen LogP) is 4.08. The second-order valence-corrected chi connectivity index (χ2v) is 6.48. The number of rotatable bonds is 7. The van der Waals surface area contributed by atoms with E-state index < -0.39 is 18.4 Å². The van der Waals surface area contributed by atoms with Gasteiger partial charge >= 0.3 is 5.97 Å². The molecule has 0 bridgehead atoms. The molecule has 6 nitrogen and oxygen atoms in total. The number of ether oxygens (including phenoxy) is 1. The van der Waals surface area contributed by atoms with Gasteiger partial charge in [0.2, 0.25) is 0 Å². The molecule has 0 atom stereocenters. The summed E-state index contributed by atoms with van der Waals surface area (Å²) >= 11 is 18.4. The molecular weight excluding hydrogens is 403 g/mol. The molecule has 9 heteroatoms. The maximum atomic E-state index is 11.9. The molecule has 2 aromatic carbocycles. The van der Waals surface area contributed by atoms with Crippen molar-refractivity contribution in [3.63, 3.8) is 0 Å². The maximum Gasteiger partial charge on any atom is 0.322 e. The van der Waals surface area contributed by atoms with Crippen molar-refractivity contribution in [3.8, 4) is 5.75 Å². The monoisotopic (exact) mass is 416 g/mol. The van der Waals surface area contributed by atoms with Gasteiger partial charge in [-0.2, -0.15) is 0 Å². The number of anilines is 1. The van der Waals surface area contributed by atoms with Gasteiger partial charge < -0.3 is 20.5 Å². The number of hydrogen-bond donors (Lipinski definition) is 3. The molecule has 0 fully saturated rings. The van der Waals surface area contributed by atoms with E-state index in [2.05, 4.69) is 10.6 Å². The number of benzene rings is 2. The minimum absolute atomic E-state index is 0.133. The van der Waals surface area contributed by atoms with Crippen LogP contribution in [0.3, 0.4) is 0 Å². The minimum atomic E-state index is -1.15. The van der Waals surface area contributed by atoms with Crippen LogP contribution in [0.5, 0.6) is 5.75 Å². The predicted molar refractivity (Wildman–Crippen MR) is 102 cm³/mol. The first-order chi connectivity index (χ1) is 12.3. The molecule has 0 heterocycles. The molecule has 0 radical (unpaired) electrons. The van der Waals surface area contributed by atoms with Crippen molar-refractivity contribution in [1.82, 2.24) is 5.32 Å². The zero-order valence-corrected chi connectivity index (χ0v) is 15.9. The van der Waals surface area contributed by atoms with Crippen molar-refractivity contribution in [2.24, 2.45) is 0 Å². The molecule has 0 unspecified atom stereocenters. The Hall–Kier alpha value is -2.15. The van der Waals surface area contributed by atoms with Crippen LogP contribution in [0.4, 0.5) is 5.69 Å². The van der Waals surface area contributed by atoms with Gasteiger partial charge in [-0.15, -0.1) is 0 Å². The average Bonchev–Trinajstić information content (AvgIpc) is 2.58. The molecule has 0 aliphatic carbocycles. The number of carbonyl (C=O) groups is 2. The summed E-state index contributed by atoms with van der Waals surface area (Å²) in [5.41, 5.74) is 1.77. The summed E-state index contributed by atoms with van der Waals surface area (Å²) in [6, 6.07) is 8.10. The molecular formula is C17H15Cl3N2O4. The summed E-state index contributed by atoms with van der Waals surface area (Å²) in [5.74, 6) is -1.54. The number of carboxylic acid groups (broad SMARTS) is 1. The number of nitrogens with one attached hydrogen (secondary N) is 2. The lowest BCUT2D eigenvalue weighted by Crippen LogP contribution is -2.29. The average molecular weight is 418 g/mol. The summed E-state index contributed by atoms with van der Waals surface area (Å²) in [6.07, 6.45) is 0. The Labute approximate surface area is 165 Å². The molecule has 0 saturated heterocycles. The van der Waals surface area contributed by atoms with Crippen molar-refractivity contribution in [3.05, 3.63) is 56.5 Å². The Bertz CT molecular complexity index is 820. The lowest BCUT2D eigenvalue weighted by atomic mass is 10.2. The lowest BCUT2D eigenvalue weighted by molar-refractivity contribution is -0.135. The topological polar surface area (TPSA) is 87.7 Å². The molecule has 2 aromatic rings. The summed E-state index contributed by atoms with van der Waals surface area (Å²) in [5, 5.41) is 14.6. The Morgan fingerprint density at radius 1 is 1.08 bits per heavy atom.